The fourth-order valence-electron chi connectivity index (χ4n) is 1.92. The zero-order valence-electron chi connectivity index (χ0n) is 13.3. The first-order chi connectivity index (χ1) is 12.2. The zero-order chi connectivity index (χ0) is 17.6. The Morgan fingerprint density at radius 3 is 3.04 bits per heavy atom. The third-order valence-corrected chi connectivity index (χ3v) is 3.84. The van der Waals surface area contributed by atoms with Crippen molar-refractivity contribution >= 4 is 45.2 Å². The number of carbonyl (C=O) groups is 1. The molecule has 3 rings (SSSR count). The van der Waals surface area contributed by atoms with Crippen molar-refractivity contribution in [3.05, 3.63) is 30.5 Å². The minimum absolute atomic E-state index is 0.0147. The van der Waals surface area contributed by atoms with Gasteiger partial charge in [-0.25, -0.2) is 14.8 Å². The molecule has 0 aromatic carbocycles. The molecule has 9 nitrogen and oxygen atoms in total. The molecule has 0 aliphatic carbocycles. The second kappa shape index (κ2) is 7.62. The summed E-state index contributed by atoms with van der Waals surface area (Å²) in [7, 11) is 0. The number of rotatable bonds is 5. The number of urea groups is 1. The van der Waals surface area contributed by atoms with Crippen molar-refractivity contribution in [3.8, 4) is 5.75 Å². The van der Waals surface area contributed by atoms with Crippen LogP contribution in [0.15, 0.2) is 40.7 Å². The molecule has 0 radical (unpaired) electrons. The lowest BCUT2D eigenvalue weighted by Gasteiger charge is -2.07. The van der Waals surface area contributed by atoms with Crippen LogP contribution >= 0.6 is 11.5 Å². The average Bonchev–Trinajstić information content (AvgIpc) is 3.04. The quantitative estimate of drug-likeness (QED) is 0.600. The van der Waals surface area contributed by atoms with E-state index in [2.05, 4.69) is 35.2 Å². The van der Waals surface area contributed by atoms with Gasteiger partial charge in [0.25, 0.3) is 0 Å². The van der Waals surface area contributed by atoms with Gasteiger partial charge in [0.1, 0.15) is 0 Å². The van der Waals surface area contributed by atoms with Gasteiger partial charge in [0.05, 0.1) is 5.39 Å². The van der Waals surface area contributed by atoms with Crippen LogP contribution in [-0.2, 0) is 0 Å². The van der Waals surface area contributed by atoms with Gasteiger partial charge in [0.15, 0.2) is 28.0 Å². The molecule has 0 aliphatic rings. The van der Waals surface area contributed by atoms with Gasteiger partial charge in [0.2, 0.25) is 0 Å². The standard InChI is InChI=1S/C15H15N7O2S/c1-2-7-17-15(24)19-13-10(23)5-6-11(18-13)20-21-14-9-4-3-8-16-12(9)22-25-14/h3-6,8,23H,2,7H2,1H3,(H2,17,18,19,24). The molecule has 3 aromatic heterocycles. The summed E-state index contributed by atoms with van der Waals surface area (Å²) in [5.74, 6) is 0.105. The van der Waals surface area contributed by atoms with Crippen molar-refractivity contribution in [1.29, 1.82) is 0 Å². The molecule has 0 unspecified atom stereocenters. The third-order valence-electron chi connectivity index (χ3n) is 3.11. The molecule has 0 spiro atoms. The normalized spacial score (nSPS) is 11.1. The topological polar surface area (TPSA) is 125 Å². The van der Waals surface area contributed by atoms with E-state index in [1.54, 1.807) is 12.3 Å². The van der Waals surface area contributed by atoms with Crippen molar-refractivity contribution in [2.45, 2.75) is 13.3 Å². The summed E-state index contributed by atoms with van der Waals surface area (Å²) in [6, 6.07) is 6.10. The van der Waals surface area contributed by atoms with Gasteiger partial charge in [-0.2, -0.15) is 4.37 Å². The SMILES string of the molecule is CCCNC(=O)Nc1nc(N=Nc2snc3ncccc23)ccc1O. The van der Waals surface area contributed by atoms with E-state index < -0.39 is 6.03 Å². The number of pyridine rings is 2. The van der Waals surface area contributed by atoms with Crippen LogP contribution in [0.5, 0.6) is 5.75 Å². The molecule has 2 amide bonds. The minimum Gasteiger partial charge on any atom is -0.504 e. The van der Waals surface area contributed by atoms with Crippen molar-refractivity contribution in [1.82, 2.24) is 19.7 Å². The minimum atomic E-state index is -0.446. The second-order valence-electron chi connectivity index (χ2n) is 4.98. The first kappa shape index (κ1) is 16.7. The average molecular weight is 357 g/mol. The summed E-state index contributed by atoms with van der Waals surface area (Å²) < 4.78 is 4.18. The van der Waals surface area contributed by atoms with Gasteiger partial charge in [-0.05, 0) is 42.2 Å². The lowest BCUT2D eigenvalue weighted by molar-refractivity contribution is 0.252. The predicted molar refractivity (Wildman–Crippen MR) is 94.8 cm³/mol. The highest BCUT2D eigenvalue weighted by Gasteiger charge is 2.09. The van der Waals surface area contributed by atoms with E-state index in [4.69, 9.17) is 0 Å². The Bertz CT molecular complexity index is 925. The summed E-state index contributed by atoms with van der Waals surface area (Å²) >= 11 is 1.18. The van der Waals surface area contributed by atoms with Crippen LogP contribution in [-0.4, -0.2) is 32.0 Å². The highest BCUT2D eigenvalue weighted by atomic mass is 32.1. The van der Waals surface area contributed by atoms with E-state index in [1.807, 2.05) is 13.0 Å². The monoisotopic (exact) mass is 357 g/mol. The number of fused-ring (bicyclic) bond motifs is 1. The molecule has 10 heteroatoms. The Balaban J connectivity index is 1.78. The number of hydrogen-bond acceptors (Lipinski definition) is 8. The molecule has 0 aliphatic heterocycles. The third kappa shape index (κ3) is 4.04. The molecule has 3 N–H and O–H groups in total. The summed E-state index contributed by atoms with van der Waals surface area (Å²) in [4.78, 5) is 19.9. The van der Waals surface area contributed by atoms with Crippen molar-refractivity contribution < 1.29 is 9.90 Å². The number of anilines is 1. The van der Waals surface area contributed by atoms with E-state index in [9.17, 15) is 9.90 Å². The van der Waals surface area contributed by atoms with Crippen LogP contribution in [0.25, 0.3) is 11.0 Å². The fraction of sp³-hybridized carbons (Fsp3) is 0.200. The Kier molecular flexibility index (Phi) is 5.09. The molecule has 0 fully saturated rings. The van der Waals surface area contributed by atoms with E-state index in [0.717, 1.165) is 11.8 Å². The maximum absolute atomic E-state index is 11.7. The number of azo groups is 1. The molecule has 0 atom stereocenters. The smallest absolute Gasteiger partial charge is 0.320 e. The van der Waals surface area contributed by atoms with Gasteiger partial charge in [0, 0.05) is 12.7 Å². The Morgan fingerprint density at radius 2 is 2.20 bits per heavy atom. The van der Waals surface area contributed by atoms with Crippen LogP contribution in [0.4, 0.5) is 21.4 Å². The number of nitrogens with one attached hydrogen (secondary N) is 2. The fourth-order valence-corrected chi connectivity index (χ4v) is 2.57. The molecule has 0 bridgehead atoms. The van der Waals surface area contributed by atoms with Crippen LogP contribution in [0.1, 0.15) is 13.3 Å². The number of hydrogen-bond donors (Lipinski definition) is 3. The highest BCUT2D eigenvalue weighted by molar-refractivity contribution is 7.11. The summed E-state index contributed by atoms with van der Waals surface area (Å²) in [5, 5.41) is 24.5. The maximum atomic E-state index is 11.7. The summed E-state index contributed by atoms with van der Waals surface area (Å²) in [5.41, 5.74) is 0.607. The number of amides is 2. The number of carbonyl (C=O) groups excluding carboxylic acids is 1. The zero-order valence-corrected chi connectivity index (χ0v) is 14.1. The van der Waals surface area contributed by atoms with E-state index in [0.29, 0.717) is 17.2 Å². The van der Waals surface area contributed by atoms with Crippen molar-refractivity contribution in [2.75, 3.05) is 11.9 Å². The number of aromatic hydroxyl groups is 1. The van der Waals surface area contributed by atoms with E-state index >= 15 is 0 Å². The van der Waals surface area contributed by atoms with Gasteiger partial charge in [-0.1, -0.05) is 6.92 Å². The lowest BCUT2D eigenvalue weighted by atomic mass is 10.3. The van der Waals surface area contributed by atoms with E-state index in [1.165, 1.54) is 23.7 Å². The lowest BCUT2D eigenvalue weighted by Crippen LogP contribution is -2.29. The first-order valence-corrected chi connectivity index (χ1v) is 8.31. The molecule has 0 saturated heterocycles. The Morgan fingerprint density at radius 1 is 1.32 bits per heavy atom. The molecule has 128 valence electrons. The maximum Gasteiger partial charge on any atom is 0.320 e. The van der Waals surface area contributed by atoms with Crippen LogP contribution in [0, 0.1) is 0 Å². The van der Waals surface area contributed by atoms with Gasteiger partial charge < -0.3 is 10.4 Å². The molecule has 3 heterocycles. The van der Waals surface area contributed by atoms with Gasteiger partial charge in [-0.15, -0.1) is 10.2 Å². The largest absolute Gasteiger partial charge is 0.504 e. The highest BCUT2D eigenvalue weighted by Crippen LogP contribution is 2.31. The number of nitrogens with zero attached hydrogens (tertiary/aromatic N) is 5. The Labute approximate surface area is 147 Å². The summed E-state index contributed by atoms with van der Waals surface area (Å²) in [6.07, 6.45) is 2.46. The molecular weight excluding hydrogens is 342 g/mol. The number of aromatic nitrogens is 3. The van der Waals surface area contributed by atoms with Gasteiger partial charge >= 0.3 is 6.03 Å². The molecule has 25 heavy (non-hydrogen) atoms. The molecule has 0 saturated carbocycles. The predicted octanol–water partition coefficient (Wildman–Crippen LogP) is 3.74. The summed E-state index contributed by atoms with van der Waals surface area (Å²) in [6.45, 7) is 2.47. The second-order valence-corrected chi connectivity index (χ2v) is 5.73. The van der Waals surface area contributed by atoms with Crippen LogP contribution < -0.4 is 10.6 Å². The Hall–Kier alpha value is -3.14. The first-order valence-electron chi connectivity index (χ1n) is 7.54. The van der Waals surface area contributed by atoms with Gasteiger partial charge in [-0.3, -0.25) is 5.32 Å². The van der Waals surface area contributed by atoms with Crippen LogP contribution in [0.3, 0.4) is 0 Å². The van der Waals surface area contributed by atoms with E-state index in [-0.39, 0.29) is 17.4 Å². The molecule has 3 aromatic rings. The van der Waals surface area contributed by atoms with Crippen molar-refractivity contribution in [2.24, 2.45) is 10.2 Å². The van der Waals surface area contributed by atoms with Crippen LogP contribution in [0.2, 0.25) is 0 Å². The molecular formula is C15H15N7O2S. The van der Waals surface area contributed by atoms with Crippen molar-refractivity contribution in [3.63, 3.8) is 0 Å².